The van der Waals surface area contributed by atoms with Gasteiger partial charge in [0.1, 0.15) is 17.4 Å². The summed E-state index contributed by atoms with van der Waals surface area (Å²) < 4.78 is 78.7. The standard InChI is InChI=1S/C25H25F2N5O3.C25H29N5O2.C22H19ClF3N5O2/c1-14-10-19-20(12-21(14)35-17-4-2-3-5-17)32(23-22(29-19)24(33)31-25(34)30-23)9-8-28-13-15-6-7-16(26)11-18(15)27;1-15-12-19-20(13-16(15)2)30(22-21(27-19)23(31)29-24(32)28-22)11-10-26-14-17-6-8-18(9-7-17)25(3,4)5;1-11-7-16-17(8-12(11)2)31(19-18(28-16)20(32)30-21(33)29-19)6-5-27-10-13-3-4-14(23)9-15(13)22(24,25)26/h6-7,10-12,17,28H,2-5,8-9,13H2,1H3,(H,31,33,34);6-9,12-13,26H,10-11,14H2,1-5H3,(H,29,31,32);3-4,7-9,27H,5-6,10H2,1-2H3,(H,30,32,33). The lowest BCUT2D eigenvalue weighted by Crippen LogP contribution is -2.30. The topological polar surface area (TPSA) is 287 Å². The van der Waals surface area contributed by atoms with Crippen LogP contribution in [0.15, 0.2) is 126 Å². The molecule has 0 amide bonds. The lowest BCUT2D eigenvalue weighted by atomic mass is 9.87. The average molecular weight is 1390 g/mol. The van der Waals surface area contributed by atoms with Crippen LogP contribution in [0.1, 0.15) is 102 Å². The number of aromatic amines is 3. The number of rotatable bonds is 17. The Morgan fingerprint density at radius 2 is 0.930 bits per heavy atom. The molecule has 1 saturated carbocycles. The quantitative estimate of drug-likeness (QED) is 0.0281. The fourth-order valence-electron chi connectivity index (χ4n) is 12.0. The van der Waals surface area contributed by atoms with Crippen molar-refractivity contribution in [3.8, 4) is 40.3 Å². The first kappa shape index (κ1) is 71.1. The first-order chi connectivity index (χ1) is 47.6. The van der Waals surface area contributed by atoms with Crippen LogP contribution in [0.25, 0.3) is 67.7 Å². The SMILES string of the molecule is Cc1cc2nc3c(=O)[nH]c(=O)nc-3n(CCNCc3ccc(C(C)(C)C)cc3)c2cc1C.Cc1cc2nc3c(=O)[nH]c(=O)nc-3n(CCNCc3ccc(Cl)cc3C(F)(F)F)c2cc1C.Cc1cc2nc3c(=O)[nH]c(=O)nc-3n(CCNCc3ccc(F)cc3F)c2cc1OC1CCCC1. The van der Waals surface area contributed by atoms with Gasteiger partial charge in [-0.3, -0.25) is 29.3 Å². The highest BCUT2D eigenvalue weighted by Crippen LogP contribution is 2.35. The van der Waals surface area contributed by atoms with Crippen LogP contribution in [-0.4, -0.2) is 84.3 Å². The first-order valence-corrected chi connectivity index (χ1v) is 32.9. The molecule has 0 bridgehead atoms. The summed E-state index contributed by atoms with van der Waals surface area (Å²) in [4.78, 5) is 105. The molecule has 6 aliphatic heterocycles. The van der Waals surface area contributed by atoms with Crippen molar-refractivity contribution >= 4 is 44.7 Å². The number of H-pyrrole nitrogens is 3. The highest BCUT2D eigenvalue weighted by atomic mass is 35.5. The molecular formula is C72H73ClF5N15O7. The molecule has 1 aliphatic carbocycles. The normalized spacial score (nSPS) is 12.8. The van der Waals surface area contributed by atoms with Crippen LogP contribution >= 0.6 is 11.6 Å². The van der Waals surface area contributed by atoms with Crippen LogP contribution in [0, 0.1) is 46.3 Å². The van der Waals surface area contributed by atoms with E-state index < -0.39 is 57.1 Å². The van der Waals surface area contributed by atoms with Crippen LogP contribution in [0.5, 0.6) is 5.75 Å². The Bertz CT molecular complexity index is 5330. The predicted octanol–water partition coefficient (Wildman–Crippen LogP) is 10.2. The predicted molar refractivity (Wildman–Crippen MR) is 373 cm³/mol. The number of nitrogens with one attached hydrogen (secondary N) is 6. The van der Waals surface area contributed by atoms with Gasteiger partial charge in [-0.15, -0.1) is 0 Å². The van der Waals surface area contributed by atoms with Crippen molar-refractivity contribution in [2.45, 2.75) is 138 Å². The van der Waals surface area contributed by atoms with E-state index in [4.69, 9.17) is 16.3 Å². The molecule has 0 saturated heterocycles. The molecule has 7 aliphatic rings. The molecule has 0 spiro atoms. The smallest absolute Gasteiger partial charge is 0.416 e. The molecular weight excluding hydrogens is 1320 g/mol. The molecule has 0 aromatic heterocycles. The van der Waals surface area contributed by atoms with Gasteiger partial charge in [-0.2, -0.15) is 28.1 Å². The molecule has 6 heterocycles. The Morgan fingerprint density at radius 3 is 1.38 bits per heavy atom. The van der Waals surface area contributed by atoms with E-state index in [-0.39, 0.29) is 77.0 Å². The van der Waals surface area contributed by atoms with Gasteiger partial charge in [0.15, 0.2) is 34.6 Å². The van der Waals surface area contributed by atoms with Crippen molar-refractivity contribution in [2.24, 2.45) is 0 Å². The van der Waals surface area contributed by atoms with Gasteiger partial charge in [0.25, 0.3) is 16.7 Å². The van der Waals surface area contributed by atoms with E-state index in [0.29, 0.717) is 65.2 Å². The number of halogens is 6. The molecule has 0 unspecified atom stereocenters. The molecule has 28 heteroatoms. The van der Waals surface area contributed by atoms with Crippen molar-refractivity contribution in [1.29, 1.82) is 0 Å². The van der Waals surface area contributed by atoms with E-state index in [1.807, 2.05) is 75.6 Å². The fraction of sp³-hybridized carbons (Fsp3) is 0.333. The zero-order chi connectivity index (χ0) is 71.5. The van der Waals surface area contributed by atoms with E-state index in [2.05, 4.69) is 106 Å². The highest BCUT2D eigenvalue weighted by Gasteiger charge is 2.34. The van der Waals surface area contributed by atoms with Crippen LogP contribution in [0.2, 0.25) is 5.02 Å². The van der Waals surface area contributed by atoms with Crippen molar-refractivity contribution in [3.05, 3.63) is 232 Å². The second kappa shape index (κ2) is 29.7. The molecule has 0 atom stereocenters. The second-order valence-electron chi connectivity index (χ2n) is 25.9. The van der Waals surface area contributed by atoms with Crippen LogP contribution in [0.3, 0.4) is 0 Å². The Kier molecular flexibility index (Phi) is 21.1. The van der Waals surface area contributed by atoms with Crippen molar-refractivity contribution < 1.29 is 26.7 Å². The number of ether oxygens (including phenoxy) is 1. The largest absolute Gasteiger partial charge is 0.490 e. The third-order valence-electron chi connectivity index (χ3n) is 17.7. The Morgan fingerprint density at radius 1 is 0.510 bits per heavy atom. The number of alkyl halides is 3. The maximum atomic E-state index is 14.0. The summed E-state index contributed by atoms with van der Waals surface area (Å²) in [7, 11) is 0. The van der Waals surface area contributed by atoms with Crippen molar-refractivity contribution in [3.63, 3.8) is 0 Å². The molecule has 6 aromatic carbocycles. The summed E-state index contributed by atoms with van der Waals surface area (Å²) in [5.74, 6) is 0.0598. The summed E-state index contributed by atoms with van der Waals surface area (Å²) >= 11 is 5.73. The number of aryl methyl sites for hydroxylation is 5. The molecule has 100 heavy (non-hydrogen) atoms. The van der Waals surface area contributed by atoms with Crippen molar-refractivity contribution in [2.75, 3.05) is 19.6 Å². The minimum Gasteiger partial charge on any atom is -0.490 e. The Labute approximate surface area is 573 Å². The summed E-state index contributed by atoms with van der Waals surface area (Å²) in [6, 6.07) is 27.2. The Hall–Kier alpha value is -10.2. The third kappa shape index (κ3) is 16.2. The maximum Gasteiger partial charge on any atom is 0.416 e. The van der Waals surface area contributed by atoms with Gasteiger partial charge in [0.05, 0.1) is 44.8 Å². The highest BCUT2D eigenvalue weighted by molar-refractivity contribution is 6.30. The molecule has 520 valence electrons. The molecule has 1 fully saturated rings. The zero-order valence-corrected chi connectivity index (χ0v) is 56.9. The third-order valence-corrected chi connectivity index (χ3v) is 17.9. The van der Waals surface area contributed by atoms with Crippen LogP contribution in [-0.2, 0) is 50.9 Å². The summed E-state index contributed by atoms with van der Waals surface area (Å²) in [6.45, 7) is 19.7. The van der Waals surface area contributed by atoms with E-state index in [9.17, 15) is 50.7 Å². The minimum atomic E-state index is -4.53. The van der Waals surface area contributed by atoms with Gasteiger partial charge in [0, 0.05) is 81.6 Å². The van der Waals surface area contributed by atoms with Gasteiger partial charge < -0.3 is 34.4 Å². The number of hydrogen-bond acceptors (Lipinski definition) is 16. The number of fused-ring (bicyclic) bond motifs is 6. The summed E-state index contributed by atoms with van der Waals surface area (Å²) in [5.41, 5.74) is 7.60. The number of hydrogen-bond donors (Lipinski definition) is 6. The van der Waals surface area contributed by atoms with E-state index in [1.165, 1.54) is 35.4 Å². The van der Waals surface area contributed by atoms with Gasteiger partial charge in [0.2, 0.25) is 0 Å². The first-order valence-electron chi connectivity index (χ1n) is 32.5. The summed E-state index contributed by atoms with van der Waals surface area (Å²) in [6.07, 6.45) is -0.0684. The lowest BCUT2D eigenvalue weighted by Gasteiger charge is -2.20. The van der Waals surface area contributed by atoms with E-state index >= 15 is 0 Å². The second-order valence-corrected chi connectivity index (χ2v) is 26.3. The number of aromatic nitrogens is 12. The molecule has 13 rings (SSSR count). The number of nitrogens with zero attached hydrogens (tertiary/aromatic N) is 9. The Balaban J connectivity index is 0.000000151. The number of benzene rings is 6. The fourth-order valence-corrected chi connectivity index (χ4v) is 12.2. The monoisotopic (exact) mass is 1390 g/mol. The maximum absolute atomic E-state index is 14.0. The molecule has 22 nitrogen and oxygen atoms in total. The van der Waals surface area contributed by atoms with Gasteiger partial charge >= 0.3 is 23.2 Å². The zero-order valence-electron chi connectivity index (χ0n) is 56.2. The molecule has 0 radical (unpaired) electrons. The van der Waals surface area contributed by atoms with Gasteiger partial charge in [-0.1, -0.05) is 68.8 Å². The van der Waals surface area contributed by atoms with E-state index in [1.54, 1.807) is 9.13 Å². The molecule has 6 N–H and O–H groups in total. The van der Waals surface area contributed by atoms with Crippen LogP contribution in [0.4, 0.5) is 22.0 Å². The lowest BCUT2D eigenvalue weighted by molar-refractivity contribution is -0.138. The van der Waals surface area contributed by atoms with Gasteiger partial charge in [-0.25, -0.2) is 38.1 Å². The van der Waals surface area contributed by atoms with E-state index in [0.717, 1.165) is 83.4 Å². The summed E-state index contributed by atoms with van der Waals surface area (Å²) in [5, 5.41) is 9.58. The molecule has 6 aromatic rings. The van der Waals surface area contributed by atoms with Crippen molar-refractivity contribution in [1.82, 2.24) is 74.5 Å². The average Bonchev–Trinajstić information content (AvgIpc) is 0.787. The van der Waals surface area contributed by atoms with Crippen LogP contribution < -0.4 is 54.4 Å². The van der Waals surface area contributed by atoms with Gasteiger partial charge in [-0.05, 0) is 159 Å². The minimum absolute atomic E-state index is 0.00623.